The number of anilines is 1. The summed E-state index contributed by atoms with van der Waals surface area (Å²) in [5, 5.41) is 0. The van der Waals surface area contributed by atoms with Crippen LogP contribution in [0.3, 0.4) is 0 Å². The molecule has 0 fully saturated rings. The largest absolute Gasteiger partial charge is 0.375 e. The SMILES string of the molecule is C#CCCCN(C)c1cc(C)cc(C)c1. The minimum atomic E-state index is 0.856. The molecule has 0 amide bonds. The van der Waals surface area contributed by atoms with E-state index in [-0.39, 0.29) is 0 Å². The molecular formula is C14H19N. The predicted molar refractivity (Wildman–Crippen MR) is 67.3 cm³/mol. The van der Waals surface area contributed by atoms with E-state index in [1.807, 2.05) is 0 Å². The van der Waals surface area contributed by atoms with Gasteiger partial charge in [-0.05, 0) is 43.5 Å². The molecule has 0 aromatic heterocycles. The summed E-state index contributed by atoms with van der Waals surface area (Å²) in [4.78, 5) is 2.26. The summed E-state index contributed by atoms with van der Waals surface area (Å²) in [5.74, 6) is 2.67. The number of benzene rings is 1. The van der Waals surface area contributed by atoms with E-state index in [0.29, 0.717) is 0 Å². The van der Waals surface area contributed by atoms with Gasteiger partial charge in [0.1, 0.15) is 0 Å². The van der Waals surface area contributed by atoms with Crippen molar-refractivity contribution in [3.8, 4) is 12.3 Å². The van der Waals surface area contributed by atoms with E-state index in [0.717, 1.165) is 19.4 Å². The van der Waals surface area contributed by atoms with E-state index >= 15 is 0 Å². The zero-order valence-electron chi connectivity index (χ0n) is 9.88. The first-order valence-corrected chi connectivity index (χ1v) is 5.36. The lowest BCUT2D eigenvalue weighted by Gasteiger charge is -2.19. The van der Waals surface area contributed by atoms with Gasteiger partial charge in [0.15, 0.2) is 0 Å². The molecule has 1 nitrogen and oxygen atoms in total. The van der Waals surface area contributed by atoms with Crippen LogP contribution in [-0.2, 0) is 0 Å². The fourth-order valence-electron chi connectivity index (χ4n) is 1.72. The number of nitrogens with zero attached hydrogens (tertiary/aromatic N) is 1. The van der Waals surface area contributed by atoms with Gasteiger partial charge in [0.05, 0.1) is 0 Å². The summed E-state index contributed by atoms with van der Waals surface area (Å²) in [6.07, 6.45) is 7.14. The first-order valence-electron chi connectivity index (χ1n) is 5.36. The maximum Gasteiger partial charge on any atom is 0.0368 e. The lowest BCUT2D eigenvalue weighted by molar-refractivity contribution is 0.811. The molecule has 0 unspecified atom stereocenters. The zero-order valence-corrected chi connectivity index (χ0v) is 9.88. The van der Waals surface area contributed by atoms with Crippen molar-refractivity contribution < 1.29 is 0 Å². The van der Waals surface area contributed by atoms with Crippen LogP contribution >= 0.6 is 0 Å². The molecule has 1 aromatic carbocycles. The van der Waals surface area contributed by atoms with Gasteiger partial charge >= 0.3 is 0 Å². The minimum Gasteiger partial charge on any atom is -0.375 e. The Balaban J connectivity index is 2.65. The normalized spacial score (nSPS) is 9.73. The van der Waals surface area contributed by atoms with Crippen molar-refractivity contribution in [3.63, 3.8) is 0 Å². The molecule has 0 radical (unpaired) electrons. The molecule has 0 aliphatic carbocycles. The Labute approximate surface area is 93.1 Å². The number of aryl methyl sites for hydroxylation is 2. The third-order valence-corrected chi connectivity index (χ3v) is 2.46. The Hall–Kier alpha value is -1.42. The second kappa shape index (κ2) is 5.46. The highest BCUT2D eigenvalue weighted by atomic mass is 15.1. The molecule has 1 heteroatoms. The minimum absolute atomic E-state index is 0.856. The highest BCUT2D eigenvalue weighted by Crippen LogP contribution is 2.17. The van der Waals surface area contributed by atoms with Crippen LogP contribution in [-0.4, -0.2) is 13.6 Å². The maximum atomic E-state index is 5.23. The summed E-state index contributed by atoms with van der Waals surface area (Å²) >= 11 is 0. The maximum absolute atomic E-state index is 5.23. The first-order chi connectivity index (χ1) is 7.13. The van der Waals surface area contributed by atoms with Crippen molar-refractivity contribution in [2.45, 2.75) is 26.7 Å². The molecule has 15 heavy (non-hydrogen) atoms. The summed E-state index contributed by atoms with van der Waals surface area (Å²) in [6, 6.07) is 6.62. The quantitative estimate of drug-likeness (QED) is 0.534. The smallest absolute Gasteiger partial charge is 0.0368 e. The average Bonchev–Trinajstić information content (AvgIpc) is 2.16. The third kappa shape index (κ3) is 3.67. The number of unbranched alkanes of at least 4 members (excludes halogenated alkanes) is 1. The number of rotatable bonds is 4. The van der Waals surface area contributed by atoms with Gasteiger partial charge in [0.2, 0.25) is 0 Å². The van der Waals surface area contributed by atoms with Crippen molar-refractivity contribution in [2.24, 2.45) is 0 Å². The van der Waals surface area contributed by atoms with Crippen LogP contribution < -0.4 is 4.90 Å². The van der Waals surface area contributed by atoms with Crippen LogP contribution in [0.5, 0.6) is 0 Å². The standard InChI is InChI=1S/C14H19N/c1-5-6-7-8-15(4)14-10-12(2)9-13(3)11-14/h1,9-11H,6-8H2,2-4H3. The van der Waals surface area contributed by atoms with Gasteiger partial charge < -0.3 is 4.90 Å². The molecule has 0 saturated carbocycles. The van der Waals surface area contributed by atoms with Crippen LogP contribution in [0, 0.1) is 26.2 Å². The van der Waals surface area contributed by atoms with Crippen molar-refractivity contribution in [1.82, 2.24) is 0 Å². The molecule has 0 spiro atoms. The van der Waals surface area contributed by atoms with Gasteiger partial charge in [-0.1, -0.05) is 6.07 Å². The van der Waals surface area contributed by atoms with E-state index < -0.39 is 0 Å². The van der Waals surface area contributed by atoms with E-state index in [1.54, 1.807) is 0 Å². The third-order valence-electron chi connectivity index (χ3n) is 2.46. The fourth-order valence-corrected chi connectivity index (χ4v) is 1.72. The molecular weight excluding hydrogens is 182 g/mol. The second-order valence-electron chi connectivity index (χ2n) is 4.08. The molecule has 0 aliphatic rings. The van der Waals surface area contributed by atoms with Crippen LogP contribution in [0.4, 0.5) is 5.69 Å². The Morgan fingerprint density at radius 3 is 2.33 bits per heavy atom. The Morgan fingerprint density at radius 1 is 1.20 bits per heavy atom. The lowest BCUT2D eigenvalue weighted by Crippen LogP contribution is -2.18. The predicted octanol–water partition coefficient (Wildman–Crippen LogP) is 3.15. The van der Waals surface area contributed by atoms with Crippen molar-refractivity contribution in [3.05, 3.63) is 29.3 Å². The average molecular weight is 201 g/mol. The Kier molecular flexibility index (Phi) is 4.24. The monoisotopic (exact) mass is 201 g/mol. The van der Waals surface area contributed by atoms with Gasteiger partial charge in [-0.2, -0.15) is 0 Å². The molecule has 80 valence electrons. The fraction of sp³-hybridized carbons (Fsp3) is 0.429. The van der Waals surface area contributed by atoms with Gasteiger partial charge in [-0.25, -0.2) is 0 Å². The van der Waals surface area contributed by atoms with E-state index in [9.17, 15) is 0 Å². The zero-order chi connectivity index (χ0) is 11.3. The molecule has 0 saturated heterocycles. The van der Waals surface area contributed by atoms with Gasteiger partial charge in [-0.3, -0.25) is 0 Å². The van der Waals surface area contributed by atoms with Crippen molar-refractivity contribution in [1.29, 1.82) is 0 Å². The molecule has 1 aromatic rings. The van der Waals surface area contributed by atoms with Gasteiger partial charge in [-0.15, -0.1) is 12.3 Å². The van der Waals surface area contributed by atoms with Crippen LogP contribution in [0.25, 0.3) is 0 Å². The van der Waals surface area contributed by atoms with Gasteiger partial charge in [0, 0.05) is 25.7 Å². The first kappa shape index (κ1) is 11.7. The molecule has 1 rings (SSSR count). The Morgan fingerprint density at radius 2 is 1.80 bits per heavy atom. The summed E-state index contributed by atoms with van der Waals surface area (Å²) in [7, 11) is 2.12. The summed E-state index contributed by atoms with van der Waals surface area (Å²) in [5.41, 5.74) is 3.91. The molecule has 0 heterocycles. The van der Waals surface area contributed by atoms with Crippen LogP contribution in [0.15, 0.2) is 18.2 Å². The summed E-state index contributed by atoms with van der Waals surface area (Å²) < 4.78 is 0. The molecule has 0 atom stereocenters. The molecule has 0 N–H and O–H groups in total. The number of hydrogen-bond donors (Lipinski definition) is 0. The van der Waals surface area contributed by atoms with E-state index in [2.05, 4.69) is 49.9 Å². The summed E-state index contributed by atoms with van der Waals surface area (Å²) in [6.45, 7) is 5.28. The van der Waals surface area contributed by atoms with E-state index in [4.69, 9.17) is 6.42 Å². The van der Waals surface area contributed by atoms with Crippen molar-refractivity contribution in [2.75, 3.05) is 18.5 Å². The van der Waals surface area contributed by atoms with E-state index in [1.165, 1.54) is 16.8 Å². The van der Waals surface area contributed by atoms with Crippen LogP contribution in [0.2, 0.25) is 0 Å². The van der Waals surface area contributed by atoms with Crippen molar-refractivity contribution >= 4 is 5.69 Å². The number of hydrogen-bond acceptors (Lipinski definition) is 1. The van der Waals surface area contributed by atoms with Gasteiger partial charge in [0.25, 0.3) is 0 Å². The highest BCUT2D eigenvalue weighted by molar-refractivity contribution is 5.50. The highest BCUT2D eigenvalue weighted by Gasteiger charge is 2.01. The Bertz CT molecular complexity index is 340. The van der Waals surface area contributed by atoms with Crippen LogP contribution in [0.1, 0.15) is 24.0 Å². The number of terminal acetylenes is 1. The molecule has 0 aliphatic heterocycles. The topological polar surface area (TPSA) is 3.24 Å². The second-order valence-corrected chi connectivity index (χ2v) is 4.08. The molecule has 0 bridgehead atoms. The lowest BCUT2D eigenvalue weighted by atomic mass is 10.1.